The Balaban J connectivity index is 1.67. The Kier molecular flexibility index (Phi) is 21.9. The number of hydrogen-bond acceptors (Lipinski definition) is 20. The van der Waals surface area contributed by atoms with Gasteiger partial charge in [0.1, 0.15) is 31.0 Å². The standard InChI is InChI=1S/C48H77N5O16/c1-13-38-34(23-54)18-25(2)14-15-36(58)26(3)19-33(44(27(4)37(59)20-40(60)67-38)69-48-43(62)41(51(10)11)42(61)29(6)64-48)16-17-52(12)21-35-22-53(50-49-35)47-28(5)45(65-31(8)56)46(66-32(9)57)39(68-47)24-63-30(7)55/h14-15,18,22,26-29,33-34,37-39,41-48,54,59,61-62H,13,16-17,19-21,23-24H2,1-12H3/b15-14+,25-18+/t26-,27+,28?,29-,33+,34-,37-,38-,39?,41?,42-,43?,44-,45?,46?,47?,48+/m1/s1. The highest BCUT2D eigenvalue weighted by molar-refractivity contribution is 5.91. The average molecular weight is 980 g/mol. The van der Waals surface area contributed by atoms with E-state index in [0.29, 0.717) is 30.7 Å². The van der Waals surface area contributed by atoms with Crippen LogP contribution in [-0.2, 0) is 63.7 Å². The molecule has 7 unspecified atom stereocenters. The monoisotopic (exact) mass is 980 g/mol. The van der Waals surface area contributed by atoms with Gasteiger partial charge in [-0.3, -0.25) is 24.0 Å². The number of ether oxygens (including phenoxy) is 7. The predicted octanol–water partition coefficient (Wildman–Crippen LogP) is 1.89. The quantitative estimate of drug-likeness (QED) is 0.144. The van der Waals surface area contributed by atoms with Crippen molar-refractivity contribution in [3.05, 3.63) is 35.7 Å². The Labute approximate surface area is 405 Å². The molecular weight excluding hydrogens is 903 g/mol. The van der Waals surface area contributed by atoms with Crippen molar-refractivity contribution in [3.8, 4) is 0 Å². The molecule has 3 aliphatic heterocycles. The minimum atomic E-state index is -1.33. The van der Waals surface area contributed by atoms with Crippen LogP contribution in [0.25, 0.3) is 0 Å². The number of cyclic esters (lactones) is 1. The van der Waals surface area contributed by atoms with E-state index in [1.54, 1.807) is 72.0 Å². The van der Waals surface area contributed by atoms with E-state index in [0.717, 1.165) is 0 Å². The molecule has 21 nitrogen and oxygen atoms in total. The summed E-state index contributed by atoms with van der Waals surface area (Å²) >= 11 is 0. The molecule has 0 bridgehead atoms. The predicted molar refractivity (Wildman–Crippen MR) is 246 cm³/mol. The van der Waals surface area contributed by atoms with Crippen LogP contribution in [0.15, 0.2) is 30.0 Å². The lowest BCUT2D eigenvalue weighted by Crippen LogP contribution is -2.63. The van der Waals surface area contributed by atoms with Crippen molar-refractivity contribution < 1.29 is 77.6 Å². The number of aliphatic hydroxyl groups is 4. The van der Waals surface area contributed by atoms with E-state index in [9.17, 15) is 44.4 Å². The van der Waals surface area contributed by atoms with Crippen molar-refractivity contribution in [3.63, 3.8) is 0 Å². The number of rotatable bonds is 15. The van der Waals surface area contributed by atoms with Gasteiger partial charge in [-0.2, -0.15) is 0 Å². The summed E-state index contributed by atoms with van der Waals surface area (Å²) in [7, 11) is 5.31. The number of ketones is 1. The molecule has 0 spiro atoms. The number of carbonyl (C=O) groups is 5. The Bertz CT molecular complexity index is 1930. The number of aromatic nitrogens is 3. The second-order valence-corrected chi connectivity index (χ2v) is 19.3. The lowest BCUT2D eigenvalue weighted by molar-refractivity contribution is -0.304. The summed E-state index contributed by atoms with van der Waals surface area (Å²) in [6.45, 7) is 14.3. The maximum atomic E-state index is 13.8. The van der Waals surface area contributed by atoms with Crippen molar-refractivity contribution in [2.75, 3.05) is 40.9 Å². The SMILES string of the molecule is CC[C@H]1OC(=O)C[C@@H](O)[C@H](C)[C@@H](O[C@@H]2O[C@H](C)[C@@H](O)C(N(C)C)C2O)[C@@H](CCN(C)Cc2cn(C3OC(COC(C)=O)C(OC(C)=O)C(OC(C)=O)C3C)nn2)C[C@@H](C)C(=O)/C=C/C(C)=C/[C@@H]1CO. The van der Waals surface area contributed by atoms with Crippen molar-refractivity contribution in [2.45, 2.75) is 168 Å². The van der Waals surface area contributed by atoms with Gasteiger partial charge in [0.2, 0.25) is 0 Å². The zero-order valence-electron chi connectivity index (χ0n) is 42.2. The molecule has 1 aromatic heterocycles. The molecule has 0 amide bonds. The van der Waals surface area contributed by atoms with Gasteiger partial charge in [0.25, 0.3) is 0 Å². The van der Waals surface area contributed by atoms with Crippen LogP contribution >= 0.6 is 0 Å². The van der Waals surface area contributed by atoms with Crippen LogP contribution < -0.4 is 0 Å². The van der Waals surface area contributed by atoms with Gasteiger partial charge < -0.3 is 63.4 Å². The number of allylic oxidation sites excluding steroid dienone is 3. The van der Waals surface area contributed by atoms with E-state index in [2.05, 4.69) is 10.3 Å². The molecule has 21 heteroatoms. The van der Waals surface area contributed by atoms with Gasteiger partial charge in [-0.25, -0.2) is 4.68 Å². The van der Waals surface area contributed by atoms with E-state index in [1.165, 1.54) is 31.5 Å². The number of hydrogen-bond donors (Lipinski definition) is 4. The third-order valence-corrected chi connectivity index (χ3v) is 13.3. The van der Waals surface area contributed by atoms with Gasteiger partial charge in [-0.05, 0) is 72.8 Å². The first-order valence-corrected chi connectivity index (χ1v) is 23.9. The number of carbonyl (C=O) groups excluding carboxylic acids is 5. The second-order valence-electron chi connectivity index (χ2n) is 19.3. The number of nitrogens with zero attached hydrogens (tertiary/aromatic N) is 5. The number of aliphatic hydroxyl groups excluding tert-OH is 4. The van der Waals surface area contributed by atoms with Crippen LogP contribution in [0.4, 0.5) is 0 Å². The lowest BCUT2D eigenvalue weighted by atomic mass is 9.79. The summed E-state index contributed by atoms with van der Waals surface area (Å²) in [4.78, 5) is 67.2. The molecule has 0 saturated carbocycles. The fourth-order valence-electron chi connectivity index (χ4n) is 9.50. The van der Waals surface area contributed by atoms with E-state index < -0.39 is 133 Å². The first-order valence-electron chi connectivity index (χ1n) is 23.9. The minimum Gasteiger partial charge on any atom is -0.463 e. The summed E-state index contributed by atoms with van der Waals surface area (Å²) in [6, 6.07) is -0.768. The second kappa shape index (κ2) is 26.3. The highest BCUT2D eigenvalue weighted by atomic mass is 16.7. The molecule has 3 aliphatic rings. The van der Waals surface area contributed by atoms with Gasteiger partial charge in [-0.15, -0.1) is 5.10 Å². The highest BCUT2D eigenvalue weighted by Gasteiger charge is 2.50. The minimum absolute atomic E-state index is 0.168. The molecular formula is C48H77N5O16. The Morgan fingerprint density at radius 1 is 0.884 bits per heavy atom. The summed E-state index contributed by atoms with van der Waals surface area (Å²) in [5.41, 5.74) is 1.22. The fraction of sp³-hybridized carbons (Fsp3) is 0.771. The van der Waals surface area contributed by atoms with Gasteiger partial charge in [0.15, 0.2) is 24.4 Å². The number of esters is 4. The molecule has 0 aromatic carbocycles. The van der Waals surface area contributed by atoms with Gasteiger partial charge in [-0.1, -0.05) is 50.6 Å². The maximum Gasteiger partial charge on any atom is 0.308 e. The first-order chi connectivity index (χ1) is 32.4. The van der Waals surface area contributed by atoms with Crippen LogP contribution in [0, 0.1) is 29.6 Å². The summed E-state index contributed by atoms with van der Waals surface area (Å²) in [5, 5.41) is 53.5. The first kappa shape index (κ1) is 57.4. The van der Waals surface area contributed by atoms with E-state index >= 15 is 0 Å². The molecule has 4 rings (SSSR count). The van der Waals surface area contributed by atoms with Crippen LogP contribution in [0.1, 0.15) is 99.9 Å². The highest BCUT2D eigenvalue weighted by Crippen LogP contribution is 2.38. The molecule has 2 saturated heterocycles. The summed E-state index contributed by atoms with van der Waals surface area (Å²) in [5.74, 6) is -5.70. The number of likely N-dealkylation sites (N-methyl/N-ethyl adjacent to an activating group) is 1. The van der Waals surface area contributed by atoms with Crippen molar-refractivity contribution in [1.29, 1.82) is 0 Å². The largest absolute Gasteiger partial charge is 0.463 e. The van der Waals surface area contributed by atoms with Crippen LogP contribution in [-0.4, -0.2) is 183 Å². The summed E-state index contributed by atoms with van der Waals surface area (Å²) in [6.07, 6.45) is -4.07. The van der Waals surface area contributed by atoms with E-state index in [1.807, 2.05) is 18.9 Å². The zero-order chi connectivity index (χ0) is 51.4. The molecule has 4 N–H and O–H groups in total. The van der Waals surface area contributed by atoms with Crippen LogP contribution in [0.5, 0.6) is 0 Å². The molecule has 0 aliphatic carbocycles. The molecule has 17 atom stereocenters. The molecule has 2 fully saturated rings. The molecule has 69 heavy (non-hydrogen) atoms. The normalized spacial score (nSPS) is 36.6. The maximum absolute atomic E-state index is 13.8. The van der Waals surface area contributed by atoms with Crippen LogP contribution in [0.2, 0.25) is 0 Å². The third kappa shape index (κ3) is 15.9. The van der Waals surface area contributed by atoms with Crippen LogP contribution in [0.3, 0.4) is 0 Å². The fourth-order valence-corrected chi connectivity index (χ4v) is 9.50. The van der Waals surface area contributed by atoms with Gasteiger partial charge in [0, 0.05) is 51.0 Å². The van der Waals surface area contributed by atoms with Crippen molar-refractivity contribution in [1.82, 2.24) is 24.8 Å². The smallest absolute Gasteiger partial charge is 0.308 e. The van der Waals surface area contributed by atoms with E-state index in [-0.39, 0.29) is 32.0 Å². The Morgan fingerprint density at radius 2 is 1.55 bits per heavy atom. The topological polar surface area (TPSA) is 268 Å². The Hall–Kier alpha value is -4.19. The van der Waals surface area contributed by atoms with Crippen molar-refractivity contribution >= 4 is 29.7 Å². The van der Waals surface area contributed by atoms with Crippen molar-refractivity contribution in [2.24, 2.45) is 29.6 Å². The zero-order valence-corrected chi connectivity index (χ0v) is 42.2. The van der Waals surface area contributed by atoms with Gasteiger partial charge >= 0.3 is 23.9 Å². The van der Waals surface area contributed by atoms with E-state index in [4.69, 9.17) is 33.2 Å². The lowest BCUT2D eigenvalue weighted by Gasteiger charge is -2.46. The molecule has 0 radical (unpaired) electrons. The molecule has 4 heterocycles. The molecule has 390 valence electrons. The third-order valence-electron chi connectivity index (χ3n) is 13.3. The average Bonchev–Trinajstić information content (AvgIpc) is 3.73. The Morgan fingerprint density at radius 3 is 2.16 bits per heavy atom. The summed E-state index contributed by atoms with van der Waals surface area (Å²) < 4.78 is 42.9. The van der Waals surface area contributed by atoms with Gasteiger partial charge in [0.05, 0.1) is 55.4 Å². The molecule has 1 aromatic rings.